The van der Waals surface area contributed by atoms with Gasteiger partial charge in [0, 0.05) is 18.6 Å². The number of aliphatic hydroxyl groups excluding tert-OH is 1. The largest absolute Gasteiger partial charge is 0.371 e. The van der Waals surface area contributed by atoms with Crippen LogP contribution in [0.2, 0.25) is 0 Å². The third-order valence-electron chi connectivity index (χ3n) is 3.48. The topological polar surface area (TPSA) is 30.0 Å². The number of fused-ring (bicyclic) bond motifs is 4. The van der Waals surface area contributed by atoms with E-state index in [4.69, 9.17) is 0 Å². The Kier molecular flexibility index (Phi) is 1.85. The zero-order chi connectivity index (χ0) is 12.1. The van der Waals surface area contributed by atoms with Crippen LogP contribution in [0, 0.1) is 0 Å². The molecular weight excluding hydrogens is 226 g/mol. The average Bonchev–Trinajstić information content (AvgIpc) is 2.77. The normalized spacial score (nSPS) is 27.5. The highest BCUT2D eigenvalue weighted by Crippen LogP contribution is 2.37. The van der Waals surface area contributed by atoms with Crippen LogP contribution in [-0.4, -0.2) is 32.6 Å². The summed E-state index contributed by atoms with van der Waals surface area (Å²) in [5.74, 6) is 1.11. The lowest BCUT2D eigenvalue weighted by atomic mass is 10.2. The molecule has 1 N–H and O–H groups in total. The Morgan fingerprint density at radius 1 is 1.06 bits per heavy atom. The second kappa shape index (κ2) is 3.40. The molecule has 4 aliphatic heterocycles. The van der Waals surface area contributed by atoms with Crippen LogP contribution in [0.25, 0.3) is 0 Å². The van der Waals surface area contributed by atoms with E-state index in [0.717, 1.165) is 17.2 Å². The molecule has 0 spiro atoms. The number of allylic oxidation sites excluding steroid dienone is 6. The molecule has 0 fully saturated rings. The summed E-state index contributed by atoms with van der Waals surface area (Å²) in [7, 11) is 0. The number of nitrogens with zero attached hydrogens (tertiary/aromatic N) is 3. The first kappa shape index (κ1) is 9.79. The van der Waals surface area contributed by atoms with E-state index in [1.54, 1.807) is 0 Å². The minimum Gasteiger partial charge on any atom is -0.371 e. The highest BCUT2D eigenvalue weighted by Gasteiger charge is 2.36. The Balaban J connectivity index is 1.88. The van der Waals surface area contributed by atoms with E-state index in [-0.39, 0.29) is 0 Å². The zero-order valence-corrected chi connectivity index (χ0v) is 9.77. The van der Waals surface area contributed by atoms with Crippen molar-refractivity contribution >= 4 is 0 Å². The van der Waals surface area contributed by atoms with Crippen molar-refractivity contribution in [2.24, 2.45) is 0 Å². The van der Waals surface area contributed by atoms with Crippen LogP contribution in [0.3, 0.4) is 0 Å². The molecule has 0 saturated carbocycles. The number of rotatable bonds is 0. The summed E-state index contributed by atoms with van der Waals surface area (Å²) in [6.45, 7) is 0.582. The van der Waals surface area contributed by atoms with Crippen LogP contribution in [0.4, 0.5) is 0 Å². The molecule has 4 aliphatic rings. The second-order valence-corrected chi connectivity index (χ2v) is 4.57. The van der Waals surface area contributed by atoms with E-state index in [2.05, 4.69) is 28.3 Å². The lowest BCUT2D eigenvalue weighted by Crippen LogP contribution is -2.46. The molecule has 18 heavy (non-hydrogen) atoms. The maximum absolute atomic E-state index is 10.2. The van der Waals surface area contributed by atoms with Crippen LogP contribution >= 0.6 is 0 Å². The van der Waals surface area contributed by atoms with Crippen molar-refractivity contribution < 1.29 is 5.11 Å². The Morgan fingerprint density at radius 2 is 1.89 bits per heavy atom. The fourth-order valence-corrected chi connectivity index (χ4v) is 2.69. The molecule has 0 radical (unpaired) electrons. The van der Waals surface area contributed by atoms with Crippen LogP contribution in [-0.2, 0) is 0 Å². The van der Waals surface area contributed by atoms with Crippen LogP contribution in [0.5, 0.6) is 0 Å². The third kappa shape index (κ3) is 1.18. The number of aliphatic hydroxyl groups is 1. The quantitative estimate of drug-likeness (QED) is 0.692. The van der Waals surface area contributed by atoms with Gasteiger partial charge in [-0.15, -0.1) is 0 Å². The summed E-state index contributed by atoms with van der Waals surface area (Å²) < 4.78 is 0. The van der Waals surface area contributed by atoms with E-state index in [0.29, 0.717) is 6.54 Å². The molecule has 4 heterocycles. The van der Waals surface area contributed by atoms with Gasteiger partial charge in [-0.3, -0.25) is 0 Å². The SMILES string of the molecule is O[C@@H]1CN2C=C3C=CC=CN3C2=C2C=CC=CN21. The van der Waals surface area contributed by atoms with Gasteiger partial charge < -0.3 is 19.8 Å². The van der Waals surface area contributed by atoms with Gasteiger partial charge >= 0.3 is 0 Å². The van der Waals surface area contributed by atoms with Gasteiger partial charge in [-0.05, 0) is 24.3 Å². The monoisotopic (exact) mass is 239 g/mol. The summed E-state index contributed by atoms with van der Waals surface area (Å²) in [5, 5.41) is 10.2. The molecule has 0 amide bonds. The summed E-state index contributed by atoms with van der Waals surface area (Å²) in [4.78, 5) is 6.17. The summed E-state index contributed by atoms with van der Waals surface area (Å²) in [5.41, 5.74) is 2.17. The van der Waals surface area contributed by atoms with E-state index in [1.807, 2.05) is 41.5 Å². The molecule has 0 aromatic rings. The molecule has 4 heteroatoms. The fourth-order valence-electron chi connectivity index (χ4n) is 2.69. The van der Waals surface area contributed by atoms with Gasteiger partial charge in [-0.25, -0.2) is 0 Å². The van der Waals surface area contributed by atoms with Crippen molar-refractivity contribution in [3.05, 3.63) is 72.3 Å². The average molecular weight is 239 g/mol. The summed E-state index contributed by atoms with van der Waals surface area (Å²) in [6.07, 6.45) is 17.6. The number of hydrogen-bond acceptors (Lipinski definition) is 4. The highest BCUT2D eigenvalue weighted by molar-refractivity contribution is 5.44. The highest BCUT2D eigenvalue weighted by atomic mass is 16.3. The van der Waals surface area contributed by atoms with Gasteiger partial charge in [-0.2, -0.15) is 0 Å². The van der Waals surface area contributed by atoms with E-state index >= 15 is 0 Å². The predicted molar refractivity (Wildman–Crippen MR) is 68.1 cm³/mol. The van der Waals surface area contributed by atoms with Crippen molar-refractivity contribution in [1.82, 2.24) is 14.7 Å². The van der Waals surface area contributed by atoms with Crippen molar-refractivity contribution in [2.45, 2.75) is 6.23 Å². The molecule has 4 nitrogen and oxygen atoms in total. The minimum atomic E-state index is -0.504. The Hall–Kier alpha value is -2.20. The Labute approximate surface area is 105 Å². The smallest absolute Gasteiger partial charge is 0.148 e. The van der Waals surface area contributed by atoms with Gasteiger partial charge in [0.05, 0.1) is 17.9 Å². The fraction of sp³-hybridized carbons (Fsp3) is 0.143. The molecular formula is C14H13N3O. The molecule has 0 unspecified atom stereocenters. The molecule has 0 aromatic carbocycles. The lowest BCUT2D eigenvalue weighted by Gasteiger charge is -2.40. The first-order chi connectivity index (χ1) is 8.84. The molecule has 0 saturated heterocycles. The zero-order valence-electron chi connectivity index (χ0n) is 9.77. The first-order valence-electron chi connectivity index (χ1n) is 6.03. The van der Waals surface area contributed by atoms with E-state index in [1.165, 1.54) is 0 Å². The van der Waals surface area contributed by atoms with Crippen LogP contribution < -0.4 is 0 Å². The van der Waals surface area contributed by atoms with Gasteiger partial charge in [-0.1, -0.05) is 12.2 Å². The van der Waals surface area contributed by atoms with Crippen LogP contribution in [0.15, 0.2) is 72.3 Å². The second-order valence-electron chi connectivity index (χ2n) is 4.57. The molecule has 90 valence electrons. The van der Waals surface area contributed by atoms with Gasteiger partial charge in [0.2, 0.25) is 0 Å². The van der Waals surface area contributed by atoms with Gasteiger partial charge in [0.1, 0.15) is 12.0 Å². The summed E-state index contributed by atoms with van der Waals surface area (Å²) >= 11 is 0. The number of hydrogen-bond donors (Lipinski definition) is 1. The standard InChI is InChI=1S/C14H13N3O/c18-13-10-15-9-11-5-1-3-7-16(11)14(15)12-6-2-4-8-17(12)13/h1-9,13,18H,10H2/t13-/m1/s1. The molecule has 0 bridgehead atoms. The molecule has 1 atom stereocenters. The maximum Gasteiger partial charge on any atom is 0.148 e. The third-order valence-corrected chi connectivity index (χ3v) is 3.48. The lowest BCUT2D eigenvalue weighted by molar-refractivity contribution is 0.0242. The van der Waals surface area contributed by atoms with Crippen LogP contribution in [0.1, 0.15) is 0 Å². The van der Waals surface area contributed by atoms with Gasteiger partial charge in [0.15, 0.2) is 0 Å². The molecule has 0 aromatic heterocycles. The Morgan fingerprint density at radius 3 is 2.83 bits per heavy atom. The first-order valence-corrected chi connectivity index (χ1v) is 6.03. The van der Waals surface area contributed by atoms with Crippen molar-refractivity contribution in [1.29, 1.82) is 0 Å². The van der Waals surface area contributed by atoms with Crippen molar-refractivity contribution in [3.63, 3.8) is 0 Å². The molecule has 0 aliphatic carbocycles. The predicted octanol–water partition coefficient (Wildman–Crippen LogP) is 1.42. The maximum atomic E-state index is 10.2. The minimum absolute atomic E-state index is 0.504. The van der Waals surface area contributed by atoms with Crippen molar-refractivity contribution in [3.8, 4) is 0 Å². The van der Waals surface area contributed by atoms with Gasteiger partial charge in [0.25, 0.3) is 0 Å². The Bertz CT molecular complexity index is 580. The molecule has 4 rings (SSSR count). The van der Waals surface area contributed by atoms with E-state index < -0.39 is 6.23 Å². The summed E-state index contributed by atoms with van der Waals surface area (Å²) in [6, 6.07) is 0. The van der Waals surface area contributed by atoms with Crippen molar-refractivity contribution in [2.75, 3.05) is 6.54 Å². The van der Waals surface area contributed by atoms with E-state index in [9.17, 15) is 5.11 Å².